The lowest BCUT2D eigenvalue weighted by atomic mass is 9.93. The Hall–Kier alpha value is -3.85. The van der Waals surface area contributed by atoms with Crippen LogP contribution in [0.4, 0.5) is 11.5 Å². The van der Waals surface area contributed by atoms with Crippen LogP contribution in [0.3, 0.4) is 0 Å². The van der Waals surface area contributed by atoms with Crippen LogP contribution in [0.1, 0.15) is 48.4 Å². The van der Waals surface area contributed by atoms with Gasteiger partial charge in [-0.3, -0.25) is 0 Å². The average molecular weight is 550 g/mol. The van der Waals surface area contributed by atoms with Gasteiger partial charge < -0.3 is 24.8 Å². The van der Waals surface area contributed by atoms with Gasteiger partial charge in [0.2, 0.25) is 5.88 Å². The first-order chi connectivity index (χ1) is 20.1. The molecule has 4 heterocycles. The predicted octanol–water partition coefficient (Wildman–Crippen LogP) is 4.40. The Kier molecular flexibility index (Phi) is 7.96. The van der Waals surface area contributed by atoms with E-state index in [9.17, 15) is 10.5 Å². The van der Waals surface area contributed by atoms with Gasteiger partial charge in [0.15, 0.2) is 0 Å². The minimum Gasteiger partial charge on any atom is -0.475 e. The molecule has 2 fully saturated rings. The summed E-state index contributed by atoms with van der Waals surface area (Å²) in [4.78, 5) is 12.1. The maximum Gasteiger partial charge on any atom is 0.234 e. The van der Waals surface area contributed by atoms with Crippen molar-refractivity contribution >= 4 is 22.3 Å². The molecule has 8 heteroatoms. The lowest BCUT2D eigenvalue weighted by Crippen LogP contribution is -2.51. The van der Waals surface area contributed by atoms with E-state index in [1.807, 2.05) is 0 Å². The number of nitrogens with zero attached hydrogens (tertiary/aromatic N) is 6. The first kappa shape index (κ1) is 27.3. The summed E-state index contributed by atoms with van der Waals surface area (Å²) in [7, 11) is 2.14. The van der Waals surface area contributed by atoms with E-state index < -0.39 is 0 Å². The van der Waals surface area contributed by atoms with Gasteiger partial charge in [-0.25, -0.2) is 0 Å². The maximum absolute atomic E-state index is 10.5. The molecule has 2 atom stereocenters. The van der Waals surface area contributed by atoms with Crippen LogP contribution in [0.5, 0.6) is 5.88 Å². The molecule has 0 saturated carbocycles. The quantitative estimate of drug-likeness (QED) is 0.464. The highest BCUT2D eigenvalue weighted by Crippen LogP contribution is 2.39. The van der Waals surface area contributed by atoms with Gasteiger partial charge in [-0.1, -0.05) is 37.3 Å². The summed E-state index contributed by atoms with van der Waals surface area (Å²) in [6.07, 6.45) is 4.49. The molecular weight excluding hydrogens is 510 g/mol. The van der Waals surface area contributed by atoms with E-state index in [4.69, 9.17) is 9.72 Å². The van der Waals surface area contributed by atoms with E-state index in [0.717, 1.165) is 68.9 Å². The Morgan fingerprint density at radius 3 is 2.68 bits per heavy atom. The molecular formula is C33H39N7O. The van der Waals surface area contributed by atoms with Crippen LogP contribution in [-0.2, 0) is 19.4 Å². The molecule has 3 aromatic rings. The third-order valence-electron chi connectivity index (χ3n) is 9.12. The summed E-state index contributed by atoms with van der Waals surface area (Å²) in [5.41, 5.74) is 5.30. The van der Waals surface area contributed by atoms with Crippen molar-refractivity contribution in [1.29, 1.82) is 10.5 Å². The second kappa shape index (κ2) is 11.9. The molecule has 1 N–H and O–H groups in total. The number of hydrogen-bond acceptors (Lipinski definition) is 8. The molecule has 3 aliphatic rings. The molecule has 0 amide bonds. The molecule has 0 radical (unpaired) electrons. The summed E-state index contributed by atoms with van der Waals surface area (Å²) in [6, 6.07) is 18.3. The fourth-order valence-corrected chi connectivity index (χ4v) is 6.86. The summed E-state index contributed by atoms with van der Waals surface area (Å²) in [5.74, 6) is 1.37. The zero-order valence-corrected chi connectivity index (χ0v) is 24.2. The van der Waals surface area contributed by atoms with Crippen molar-refractivity contribution in [2.75, 3.05) is 56.2 Å². The van der Waals surface area contributed by atoms with Crippen molar-refractivity contribution in [2.24, 2.45) is 0 Å². The molecule has 8 nitrogen and oxygen atoms in total. The summed E-state index contributed by atoms with van der Waals surface area (Å²) in [6.45, 7) is 7.63. The largest absolute Gasteiger partial charge is 0.475 e. The van der Waals surface area contributed by atoms with Gasteiger partial charge in [-0.15, -0.1) is 0 Å². The molecule has 41 heavy (non-hydrogen) atoms. The van der Waals surface area contributed by atoms with Gasteiger partial charge >= 0.3 is 0 Å². The number of ether oxygens (including phenoxy) is 1. The number of likely N-dealkylation sites (N-methyl/N-ethyl adjacent to an activating group) is 1. The highest BCUT2D eigenvalue weighted by Gasteiger charge is 2.32. The SMILES string of the molecule is CCc1cccc2cccc(N3CCc4c(N5CCN[C@H](CC#N)C5)nc(OC[C@@H]5CCCN5C)c(C#N)c4C3)c12. The van der Waals surface area contributed by atoms with Crippen LogP contribution in [0.2, 0.25) is 0 Å². The zero-order chi connectivity index (χ0) is 28.3. The molecule has 2 saturated heterocycles. The number of rotatable bonds is 7. The van der Waals surface area contributed by atoms with Crippen molar-refractivity contribution in [3.63, 3.8) is 0 Å². The van der Waals surface area contributed by atoms with E-state index >= 15 is 0 Å². The van der Waals surface area contributed by atoms with Crippen molar-refractivity contribution in [1.82, 2.24) is 15.2 Å². The minimum absolute atomic E-state index is 0.0987. The monoisotopic (exact) mass is 549 g/mol. The smallest absolute Gasteiger partial charge is 0.234 e. The van der Waals surface area contributed by atoms with Gasteiger partial charge in [0.05, 0.1) is 12.5 Å². The first-order valence-electron chi connectivity index (χ1n) is 15.0. The molecule has 212 valence electrons. The number of piperazine rings is 1. The molecule has 0 spiro atoms. The topological polar surface area (TPSA) is 91.4 Å². The van der Waals surface area contributed by atoms with Crippen molar-refractivity contribution in [3.05, 3.63) is 58.7 Å². The maximum atomic E-state index is 10.5. The summed E-state index contributed by atoms with van der Waals surface area (Å²) < 4.78 is 6.41. The van der Waals surface area contributed by atoms with E-state index in [1.165, 1.54) is 28.4 Å². The van der Waals surface area contributed by atoms with Gasteiger partial charge in [0.25, 0.3) is 0 Å². The number of pyridine rings is 1. The minimum atomic E-state index is 0.0987. The Bertz CT molecular complexity index is 1500. The van der Waals surface area contributed by atoms with E-state index in [-0.39, 0.29) is 6.04 Å². The van der Waals surface area contributed by atoms with Gasteiger partial charge in [0.1, 0.15) is 24.1 Å². The number of nitrogens with one attached hydrogen (secondary N) is 1. The molecule has 0 unspecified atom stereocenters. The molecule has 0 bridgehead atoms. The number of aryl methyl sites for hydroxylation is 1. The standard InChI is InChI=1S/C33H39N7O/c1-3-23-7-4-8-24-9-5-11-30(31(23)24)39-17-13-27-29(21-39)28(19-35)33(41-22-26-10-6-16-38(26)2)37-32(27)40-18-15-36-25(20-40)12-14-34/h4-5,7-9,11,25-26,36H,3,6,10,12-13,15-18,20-22H2,1-2H3/t25-,26+/m1/s1. The fourth-order valence-electron chi connectivity index (χ4n) is 6.86. The Balaban J connectivity index is 1.41. The van der Waals surface area contributed by atoms with E-state index in [0.29, 0.717) is 37.1 Å². The number of hydrogen-bond donors (Lipinski definition) is 1. The fraction of sp³-hybridized carbons (Fsp3) is 0.485. The zero-order valence-electron chi connectivity index (χ0n) is 24.2. The van der Waals surface area contributed by atoms with Crippen LogP contribution < -0.4 is 19.9 Å². The number of anilines is 2. The first-order valence-corrected chi connectivity index (χ1v) is 15.0. The summed E-state index contributed by atoms with van der Waals surface area (Å²) >= 11 is 0. The lowest BCUT2D eigenvalue weighted by molar-refractivity contribution is 0.192. The lowest BCUT2D eigenvalue weighted by Gasteiger charge is -2.38. The second-order valence-electron chi connectivity index (χ2n) is 11.5. The Morgan fingerprint density at radius 1 is 1.07 bits per heavy atom. The number of aromatic nitrogens is 1. The number of nitriles is 2. The van der Waals surface area contributed by atoms with E-state index in [2.05, 4.69) is 82.5 Å². The number of fused-ring (bicyclic) bond motifs is 2. The van der Waals surface area contributed by atoms with Crippen LogP contribution in [0.25, 0.3) is 10.8 Å². The normalized spacial score (nSPS) is 21.0. The number of likely N-dealkylation sites (tertiary alicyclic amines) is 1. The Morgan fingerprint density at radius 2 is 1.93 bits per heavy atom. The second-order valence-corrected chi connectivity index (χ2v) is 11.5. The molecule has 3 aliphatic heterocycles. The molecule has 0 aliphatic carbocycles. The predicted molar refractivity (Wildman–Crippen MR) is 162 cm³/mol. The van der Waals surface area contributed by atoms with Crippen molar-refractivity contribution in [3.8, 4) is 18.0 Å². The van der Waals surface area contributed by atoms with E-state index in [1.54, 1.807) is 0 Å². The van der Waals surface area contributed by atoms with Crippen LogP contribution in [0, 0.1) is 22.7 Å². The molecule has 6 rings (SSSR count). The third-order valence-corrected chi connectivity index (χ3v) is 9.12. The van der Waals surface area contributed by atoms with Crippen LogP contribution in [-0.4, -0.2) is 68.3 Å². The van der Waals surface area contributed by atoms with Gasteiger partial charge in [0, 0.05) is 67.0 Å². The van der Waals surface area contributed by atoms with Gasteiger partial charge in [-0.05, 0) is 56.3 Å². The van der Waals surface area contributed by atoms with Crippen LogP contribution in [0.15, 0.2) is 36.4 Å². The average Bonchev–Trinajstić information content (AvgIpc) is 3.43. The summed E-state index contributed by atoms with van der Waals surface area (Å²) in [5, 5.41) is 25.8. The molecule has 2 aromatic carbocycles. The van der Waals surface area contributed by atoms with Crippen molar-refractivity contribution in [2.45, 2.75) is 57.7 Å². The van der Waals surface area contributed by atoms with Gasteiger partial charge in [-0.2, -0.15) is 15.5 Å². The van der Waals surface area contributed by atoms with Crippen molar-refractivity contribution < 1.29 is 4.74 Å². The number of benzene rings is 2. The third kappa shape index (κ3) is 5.30. The highest BCUT2D eigenvalue weighted by molar-refractivity contribution is 5.97. The Labute approximate surface area is 243 Å². The van der Waals surface area contributed by atoms with Crippen LogP contribution >= 0.6 is 0 Å². The highest BCUT2D eigenvalue weighted by atomic mass is 16.5. The molecule has 1 aromatic heterocycles.